The Hall–Kier alpha value is -3.17. The quantitative estimate of drug-likeness (QED) is 0.429. The Morgan fingerprint density at radius 3 is 2.70 bits per heavy atom. The Kier molecular flexibility index (Phi) is 5.46. The van der Waals surface area contributed by atoms with Gasteiger partial charge in [0.15, 0.2) is 0 Å². The first-order valence-electron chi connectivity index (χ1n) is 9.98. The zero-order valence-electron chi connectivity index (χ0n) is 17.2. The minimum atomic E-state index is -0.867. The molecule has 168 valence electrons. The summed E-state index contributed by atoms with van der Waals surface area (Å²) >= 11 is 7.30. The van der Waals surface area contributed by atoms with Crippen LogP contribution in [0.1, 0.15) is 5.56 Å². The summed E-state index contributed by atoms with van der Waals surface area (Å²) < 4.78 is 36.2. The molecule has 1 aliphatic rings. The molecule has 0 radical (unpaired) electrons. The summed E-state index contributed by atoms with van der Waals surface area (Å²) in [5, 5.41) is 0.0791. The first-order valence-corrected chi connectivity index (χ1v) is 11.3. The summed E-state index contributed by atoms with van der Waals surface area (Å²) in [6.07, 6.45) is 2.77. The second-order valence-corrected chi connectivity index (χ2v) is 9.08. The molecule has 0 bridgehead atoms. The largest absolute Gasteiger partial charge is 0.488 e. The number of benzene rings is 2. The van der Waals surface area contributed by atoms with E-state index in [9.17, 15) is 18.4 Å². The van der Waals surface area contributed by atoms with Gasteiger partial charge in [0.25, 0.3) is 5.56 Å². The van der Waals surface area contributed by atoms with Gasteiger partial charge in [-0.15, -0.1) is 11.8 Å². The van der Waals surface area contributed by atoms with Gasteiger partial charge in [0.05, 0.1) is 22.5 Å². The van der Waals surface area contributed by atoms with E-state index in [0.717, 1.165) is 6.07 Å². The smallest absolute Gasteiger partial charge is 0.328 e. The molecule has 2 aromatic heterocycles. The molecule has 0 unspecified atom stereocenters. The fourth-order valence-corrected chi connectivity index (χ4v) is 5.49. The summed E-state index contributed by atoms with van der Waals surface area (Å²) in [4.78, 5) is 32.3. The molecule has 5 rings (SSSR count). The van der Waals surface area contributed by atoms with Crippen LogP contribution in [0, 0.1) is 18.6 Å². The Morgan fingerprint density at radius 2 is 1.94 bits per heavy atom. The van der Waals surface area contributed by atoms with Crippen LogP contribution in [0.15, 0.2) is 57.2 Å². The Balaban J connectivity index is 1.75. The molecule has 3 heterocycles. The Labute approximate surface area is 195 Å². The van der Waals surface area contributed by atoms with E-state index in [1.165, 1.54) is 22.4 Å². The Morgan fingerprint density at radius 1 is 1.18 bits per heavy atom. The van der Waals surface area contributed by atoms with Gasteiger partial charge in [-0.1, -0.05) is 11.6 Å². The molecule has 1 atom stereocenters. The van der Waals surface area contributed by atoms with E-state index in [1.54, 1.807) is 37.5 Å². The van der Waals surface area contributed by atoms with E-state index in [0.29, 0.717) is 38.4 Å². The van der Waals surface area contributed by atoms with E-state index in [-0.39, 0.29) is 17.1 Å². The molecule has 6 nitrogen and oxygen atoms in total. The number of H-pyrrole nitrogens is 1. The number of halogens is 3. The van der Waals surface area contributed by atoms with Crippen molar-refractivity contribution in [2.24, 2.45) is 0 Å². The van der Waals surface area contributed by atoms with Gasteiger partial charge >= 0.3 is 5.69 Å². The minimum absolute atomic E-state index is 0.0936. The lowest BCUT2D eigenvalue weighted by Crippen LogP contribution is -2.35. The van der Waals surface area contributed by atoms with Gasteiger partial charge in [-0.2, -0.15) is 0 Å². The Bertz CT molecular complexity index is 1520. The SMILES string of the molecule is Cc1cc2c(=O)[nH]c(=O)n3c2c(c1-c1cc(Cl)c(F)cc1F)SC[C@@H](Oc1ccncc1)C3. The van der Waals surface area contributed by atoms with Crippen molar-refractivity contribution in [1.82, 2.24) is 14.5 Å². The van der Waals surface area contributed by atoms with E-state index < -0.39 is 29.0 Å². The van der Waals surface area contributed by atoms with Crippen molar-refractivity contribution in [2.45, 2.75) is 24.5 Å². The third-order valence-corrected chi connectivity index (χ3v) is 6.98. The lowest BCUT2D eigenvalue weighted by Gasteiger charge is -2.17. The maximum absolute atomic E-state index is 14.9. The van der Waals surface area contributed by atoms with E-state index in [1.807, 2.05) is 0 Å². The molecular formula is C23H16ClF2N3O3S. The average molecular weight is 488 g/mol. The number of aryl methyl sites for hydroxylation is 1. The fourth-order valence-electron chi connectivity index (χ4n) is 4.03. The van der Waals surface area contributed by atoms with E-state index >= 15 is 0 Å². The van der Waals surface area contributed by atoms with Crippen molar-refractivity contribution in [2.75, 3.05) is 5.75 Å². The number of pyridine rings is 1. The zero-order valence-corrected chi connectivity index (χ0v) is 18.8. The molecule has 0 saturated carbocycles. The van der Waals surface area contributed by atoms with Crippen LogP contribution in [0.5, 0.6) is 5.75 Å². The second kappa shape index (κ2) is 8.31. The lowest BCUT2D eigenvalue weighted by molar-refractivity contribution is 0.204. The number of thioether (sulfide) groups is 1. The predicted molar refractivity (Wildman–Crippen MR) is 123 cm³/mol. The number of nitrogens with one attached hydrogen (secondary N) is 1. The lowest BCUT2D eigenvalue weighted by atomic mass is 9.97. The van der Waals surface area contributed by atoms with Gasteiger partial charge in [-0.05, 0) is 36.8 Å². The van der Waals surface area contributed by atoms with Gasteiger partial charge in [0, 0.05) is 40.2 Å². The van der Waals surface area contributed by atoms with Crippen molar-refractivity contribution in [3.63, 3.8) is 0 Å². The number of rotatable bonds is 3. The third kappa shape index (κ3) is 3.81. The monoisotopic (exact) mass is 487 g/mol. The summed E-state index contributed by atoms with van der Waals surface area (Å²) in [5.41, 5.74) is 0.401. The molecule has 1 N–H and O–H groups in total. The molecule has 33 heavy (non-hydrogen) atoms. The fraction of sp³-hybridized carbons (Fsp3) is 0.174. The number of nitrogens with zero attached hydrogens (tertiary/aromatic N) is 2. The highest BCUT2D eigenvalue weighted by Crippen LogP contribution is 2.42. The number of hydrogen-bond acceptors (Lipinski definition) is 5. The molecule has 0 amide bonds. The van der Waals surface area contributed by atoms with Crippen molar-refractivity contribution >= 4 is 34.3 Å². The summed E-state index contributed by atoms with van der Waals surface area (Å²) in [5.74, 6) is -0.652. The maximum atomic E-state index is 14.9. The third-order valence-electron chi connectivity index (χ3n) is 5.46. The summed E-state index contributed by atoms with van der Waals surface area (Å²) in [6, 6.07) is 6.97. The van der Waals surface area contributed by atoms with Crippen LogP contribution in [0.4, 0.5) is 8.78 Å². The molecule has 0 aliphatic carbocycles. The van der Waals surface area contributed by atoms with Crippen LogP contribution >= 0.6 is 23.4 Å². The van der Waals surface area contributed by atoms with Crippen molar-refractivity contribution in [3.8, 4) is 16.9 Å². The van der Waals surface area contributed by atoms with Gasteiger partial charge in [0.2, 0.25) is 0 Å². The maximum Gasteiger partial charge on any atom is 0.328 e. The normalized spacial score (nSPS) is 15.5. The molecule has 0 fully saturated rings. The molecule has 0 spiro atoms. The molecule has 1 aliphatic heterocycles. The topological polar surface area (TPSA) is 77.0 Å². The molecular weight excluding hydrogens is 472 g/mol. The summed E-state index contributed by atoms with van der Waals surface area (Å²) in [6.45, 7) is 1.90. The van der Waals surface area contributed by atoms with Crippen LogP contribution in [-0.4, -0.2) is 26.4 Å². The van der Waals surface area contributed by atoms with Crippen LogP contribution < -0.4 is 16.0 Å². The second-order valence-electron chi connectivity index (χ2n) is 7.64. The van der Waals surface area contributed by atoms with Gasteiger partial charge in [0.1, 0.15) is 23.5 Å². The van der Waals surface area contributed by atoms with Crippen LogP contribution in [0.2, 0.25) is 5.02 Å². The van der Waals surface area contributed by atoms with E-state index in [4.69, 9.17) is 16.3 Å². The minimum Gasteiger partial charge on any atom is -0.488 e. The molecule has 10 heteroatoms. The molecule has 4 aromatic rings. The van der Waals surface area contributed by atoms with Crippen LogP contribution in [0.3, 0.4) is 0 Å². The molecule has 2 aromatic carbocycles. The zero-order chi connectivity index (χ0) is 23.3. The van der Waals surface area contributed by atoms with E-state index in [2.05, 4.69) is 9.97 Å². The van der Waals surface area contributed by atoms with Crippen molar-refractivity contribution in [1.29, 1.82) is 0 Å². The van der Waals surface area contributed by atoms with Crippen LogP contribution in [0.25, 0.3) is 22.0 Å². The van der Waals surface area contributed by atoms with Crippen LogP contribution in [-0.2, 0) is 6.54 Å². The number of hydrogen-bond donors (Lipinski definition) is 1. The highest BCUT2D eigenvalue weighted by Gasteiger charge is 2.27. The first kappa shape index (κ1) is 21.7. The van der Waals surface area contributed by atoms with Crippen molar-refractivity contribution in [3.05, 3.63) is 85.8 Å². The average Bonchev–Trinajstić information content (AvgIpc) is 2.96. The number of aromatic nitrogens is 3. The summed E-state index contributed by atoms with van der Waals surface area (Å²) in [7, 11) is 0. The first-order chi connectivity index (χ1) is 15.8. The number of aromatic amines is 1. The van der Waals surface area contributed by atoms with Gasteiger partial charge in [-0.25, -0.2) is 13.6 Å². The number of ether oxygens (including phenoxy) is 1. The molecule has 0 saturated heterocycles. The highest BCUT2D eigenvalue weighted by atomic mass is 35.5. The van der Waals surface area contributed by atoms with Gasteiger partial charge in [-0.3, -0.25) is 19.3 Å². The van der Waals surface area contributed by atoms with Crippen molar-refractivity contribution < 1.29 is 13.5 Å². The highest BCUT2D eigenvalue weighted by molar-refractivity contribution is 7.99. The van der Waals surface area contributed by atoms with Gasteiger partial charge < -0.3 is 4.74 Å². The standard InChI is InChI=1S/C23H16ClF2N3O3S/c1-11-6-15-20-21(19(11)14-7-16(24)18(26)8-17(14)25)33-10-13(32-12-2-4-27-5-3-12)9-29(20)23(31)28-22(15)30/h2-8,13H,9-10H2,1H3,(H,28,30,31)/t13-/m0/s1. The predicted octanol–water partition coefficient (Wildman–Crippen LogP) is 4.55.